The van der Waals surface area contributed by atoms with E-state index in [1.807, 2.05) is 0 Å². The molecule has 0 aliphatic carbocycles. The lowest BCUT2D eigenvalue weighted by Gasteiger charge is -2.11. The molecule has 1 aromatic heterocycles. The van der Waals surface area contributed by atoms with Gasteiger partial charge in [-0.3, -0.25) is 4.79 Å². The van der Waals surface area contributed by atoms with Crippen molar-refractivity contribution in [2.75, 3.05) is 0 Å². The number of hydrogen-bond donors (Lipinski definition) is 1. The van der Waals surface area contributed by atoms with Gasteiger partial charge in [-0.25, -0.2) is 4.98 Å². The van der Waals surface area contributed by atoms with E-state index in [1.54, 1.807) is 26.0 Å². The summed E-state index contributed by atoms with van der Waals surface area (Å²) in [5, 5.41) is 9.80. The summed E-state index contributed by atoms with van der Waals surface area (Å²) in [5.41, 5.74) is 0.965. The van der Waals surface area contributed by atoms with Crippen LogP contribution in [0.2, 0.25) is 10.0 Å². The van der Waals surface area contributed by atoms with Gasteiger partial charge in [0, 0.05) is 10.9 Å². The number of benzene rings is 1. The second-order valence-corrected chi connectivity index (χ2v) is 5.05. The van der Waals surface area contributed by atoms with Crippen molar-refractivity contribution < 1.29 is 14.3 Å². The molecule has 2 rings (SSSR count). The number of fused-ring (bicyclic) bond motifs is 1. The molecule has 96 valence electrons. The van der Waals surface area contributed by atoms with Crippen molar-refractivity contribution in [1.29, 1.82) is 0 Å². The fraction of sp³-hybridized carbons (Fsp3) is 0.333. The number of halogens is 2. The molecule has 0 spiro atoms. The average molecular weight is 288 g/mol. The number of carbonyl (C=O) groups is 1. The Morgan fingerprint density at radius 3 is 2.67 bits per heavy atom. The summed E-state index contributed by atoms with van der Waals surface area (Å²) in [6, 6.07) is 3.19. The molecule has 2 aromatic rings. The van der Waals surface area contributed by atoms with Gasteiger partial charge in [-0.2, -0.15) is 0 Å². The molecule has 18 heavy (non-hydrogen) atoms. The standard InChI is InChI=1S/C12H11Cl2NO3/c1-5(6(2)12(16)17)11-15-9-4-7(13)3-8(14)10(9)18-11/h3-6H,1-2H3,(H,16,17). The summed E-state index contributed by atoms with van der Waals surface area (Å²) in [7, 11) is 0. The molecule has 0 amide bonds. The van der Waals surface area contributed by atoms with Crippen LogP contribution in [0.5, 0.6) is 0 Å². The van der Waals surface area contributed by atoms with E-state index in [0.717, 1.165) is 0 Å². The maximum atomic E-state index is 10.9. The summed E-state index contributed by atoms with van der Waals surface area (Å²) in [6.07, 6.45) is 0. The average Bonchev–Trinajstić information content (AvgIpc) is 2.70. The lowest BCUT2D eigenvalue weighted by atomic mass is 9.96. The van der Waals surface area contributed by atoms with Crippen molar-refractivity contribution in [3.8, 4) is 0 Å². The molecule has 2 atom stereocenters. The van der Waals surface area contributed by atoms with E-state index in [4.69, 9.17) is 32.7 Å². The highest BCUT2D eigenvalue weighted by Gasteiger charge is 2.25. The minimum atomic E-state index is -0.895. The topological polar surface area (TPSA) is 63.3 Å². The van der Waals surface area contributed by atoms with Crippen molar-refractivity contribution in [1.82, 2.24) is 4.98 Å². The molecular formula is C12H11Cl2NO3. The fourth-order valence-corrected chi connectivity index (χ4v) is 2.12. The first-order valence-electron chi connectivity index (χ1n) is 5.38. The second-order valence-electron chi connectivity index (χ2n) is 4.20. The molecule has 0 saturated carbocycles. The molecule has 0 bridgehead atoms. The summed E-state index contributed by atoms with van der Waals surface area (Å²) >= 11 is 11.9. The number of nitrogens with zero attached hydrogens (tertiary/aromatic N) is 1. The Balaban J connectivity index is 2.47. The van der Waals surface area contributed by atoms with Gasteiger partial charge in [-0.05, 0) is 12.1 Å². The molecular weight excluding hydrogens is 277 g/mol. The number of oxazole rings is 1. The number of rotatable bonds is 3. The van der Waals surface area contributed by atoms with Gasteiger partial charge in [-0.1, -0.05) is 37.0 Å². The van der Waals surface area contributed by atoms with Crippen LogP contribution in [-0.4, -0.2) is 16.1 Å². The third-order valence-electron chi connectivity index (χ3n) is 2.96. The van der Waals surface area contributed by atoms with Crippen molar-refractivity contribution in [3.63, 3.8) is 0 Å². The zero-order valence-corrected chi connectivity index (χ0v) is 11.3. The molecule has 0 aliphatic heterocycles. The zero-order valence-electron chi connectivity index (χ0n) is 9.78. The van der Waals surface area contributed by atoms with Gasteiger partial charge in [-0.15, -0.1) is 0 Å². The predicted octanol–water partition coefficient (Wildman–Crippen LogP) is 3.96. The highest BCUT2D eigenvalue weighted by atomic mass is 35.5. The fourth-order valence-electron chi connectivity index (χ4n) is 1.60. The van der Waals surface area contributed by atoms with Gasteiger partial charge in [0.15, 0.2) is 11.5 Å². The van der Waals surface area contributed by atoms with Crippen LogP contribution in [0.25, 0.3) is 11.1 Å². The first-order chi connectivity index (χ1) is 8.40. The number of aliphatic carboxylic acids is 1. The van der Waals surface area contributed by atoms with E-state index < -0.39 is 11.9 Å². The highest BCUT2D eigenvalue weighted by Crippen LogP contribution is 2.32. The van der Waals surface area contributed by atoms with Gasteiger partial charge in [0.25, 0.3) is 0 Å². The lowest BCUT2D eigenvalue weighted by Crippen LogP contribution is -2.16. The van der Waals surface area contributed by atoms with Crippen molar-refractivity contribution >= 4 is 40.3 Å². The van der Waals surface area contributed by atoms with Crippen LogP contribution in [0, 0.1) is 5.92 Å². The van der Waals surface area contributed by atoms with E-state index in [2.05, 4.69) is 4.98 Å². The Kier molecular flexibility index (Phi) is 3.50. The van der Waals surface area contributed by atoms with Crippen molar-refractivity contribution in [2.45, 2.75) is 19.8 Å². The van der Waals surface area contributed by atoms with E-state index in [1.165, 1.54) is 0 Å². The van der Waals surface area contributed by atoms with Crippen LogP contribution >= 0.6 is 23.2 Å². The van der Waals surface area contributed by atoms with E-state index >= 15 is 0 Å². The number of carboxylic acid groups (broad SMARTS) is 1. The monoisotopic (exact) mass is 287 g/mol. The van der Waals surface area contributed by atoms with Crippen LogP contribution in [0.3, 0.4) is 0 Å². The normalized spacial score (nSPS) is 14.7. The Hall–Kier alpha value is -1.26. The van der Waals surface area contributed by atoms with Gasteiger partial charge in [0.05, 0.1) is 10.9 Å². The molecule has 1 N–H and O–H groups in total. The first kappa shape index (κ1) is 13.2. The number of carboxylic acids is 1. The summed E-state index contributed by atoms with van der Waals surface area (Å²) in [4.78, 5) is 15.2. The van der Waals surface area contributed by atoms with Crippen LogP contribution in [0.15, 0.2) is 16.5 Å². The molecule has 0 saturated heterocycles. The maximum Gasteiger partial charge on any atom is 0.307 e. The van der Waals surface area contributed by atoms with E-state index in [0.29, 0.717) is 27.0 Å². The molecule has 6 heteroatoms. The van der Waals surface area contributed by atoms with Gasteiger partial charge < -0.3 is 9.52 Å². The van der Waals surface area contributed by atoms with Crippen LogP contribution in [-0.2, 0) is 4.79 Å². The first-order valence-corrected chi connectivity index (χ1v) is 6.14. The van der Waals surface area contributed by atoms with E-state index in [-0.39, 0.29) is 5.92 Å². The summed E-state index contributed by atoms with van der Waals surface area (Å²) in [5.74, 6) is -1.48. The minimum absolute atomic E-state index is 0.343. The third-order valence-corrected chi connectivity index (χ3v) is 3.45. The van der Waals surface area contributed by atoms with Crippen LogP contribution < -0.4 is 0 Å². The quantitative estimate of drug-likeness (QED) is 0.928. The molecule has 4 nitrogen and oxygen atoms in total. The highest BCUT2D eigenvalue weighted by molar-refractivity contribution is 6.37. The number of aromatic nitrogens is 1. The lowest BCUT2D eigenvalue weighted by molar-refractivity contribution is -0.141. The zero-order chi connectivity index (χ0) is 13.4. The maximum absolute atomic E-state index is 10.9. The van der Waals surface area contributed by atoms with Gasteiger partial charge >= 0.3 is 5.97 Å². The second kappa shape index (κ2) is 4.78. The molecule has 0 fully saturated rings. The minimum Gasteiger partial charge on any atom is -0.481 e. The molecule has 2 unspecified atom stereocenters. The summed E-state index contributed by atoms with van der Waals surface area (Å²) in [6.45, 7) is 3.36. The van der Waals surface area contributed by atoms with Crippen molar-refractivity contribution in [2.24, 2.45) is 5.92 Å². The van der Waals surface area contributed by atoms with Crippen LogP contribution in [0.4, 0.5) is 0 Å². The number of hydrogen-bond acceptors (Lipinski definition) is 3. The Morgan fingerprint density at radius 2 is 2.06 bits per heavy atom. The molecule has 0 radical (unpaired) electrons. The van der Waals surface area contributed by atoms with Gasteiger partial charge in [0.2, 0.25) is 0 Å². The van der Waals surface area contributed by atoms with Crippen LogP contribution in [0.1, 0.15) is 25.7 Å². The smallest absolute Gasteiger partial charge is 0.307 e. The predicted molar refractivity (Wildman–Crippen MR) is 69.2 cm³/mol. The van der Waals surface area contributed by atoms with Crippen molar-refractivity contribution in [3.05, 3.63) is 28.1 Å². The summed E-state index contributed by atoms with van der Waals surface area (Å²) < 4.78 is 5.52. The largest absolute Gasteiger partial charge is 0.481 e. The third kappa shape index (κ3) is 2.31. The Bertz CT molecular complexity index is 609. The Labute approximate surface area is 114 Å². The molecule has 0 aliphatic rings. The van der Waals surface area contributed by atoms with Gasteiger partial charge in [0.1, 0.15) is 5.52 Å². The van der Waals surface area contributed by atoms with E-state index in [9.17, 15) is 4.79 Å². The molecule has 1 heterocycles. The SMILES string of the molecule is CC(C(=O)O)C(C)c1nc2cc(Cl)cc(Cl)c2o1. The molecule has 1 aromatic carbocycles. The Morgan fingerprint density at radius 1 is 1.39 bits per heavy atom.